The minimum absolute atomic E-state index is 0.114. The van der Waals surface area contributed by atoms with Crippen LogP contribution in [0.3, 0.4) is 0 Å². The molecular formula is C14H17N3O3S. The van der Waals surface area contributed by atoms with Gasteiger partial charge in [0.15, 0.2) is 0 Å². The van der Waals surface area contributed by atoms with Crippen molar-refractivity contribution in [2.45, 2.75) is 18.7 Å². The maximum Gasteiger partial charge on any atom is 0.323 e. The molecule has 0 spiro atoms. The third-order valence-electron chi connectivity index (χ3n) is 2.91. The Morgan fingerprint density at radius 1 is 1.52 bits per heavy atom. The summed E-state index contributed by atoms with van der Waals surface area (Å²) in [6.45, 7) is 1.92. The number of fused-ring (bicyclic) bond motifs is 1. The summed E-state index contributed by atoms with van der Waals surface area (Å²) >= 11 is 1.44. The van der Waals surface area contributed by atoms with E-state index in [2.05, 4.69) is 9.72 Å². The van der Waals surface area contributed by atoms with Crippen molar-refractivity contribution < 1.29 is 9.53 Å². The van der Waals surface area contributed by atoms with Crippen LogP contribution >= 0.6 is 11.8 Å². The molecule has 112 valence electrons. The van der Waals surface area contributed by atoms with Gasteiger partial charge in [0.25, 0.3) is 5.56 Å². The van der Waals surface area contributed by atoms with Crippen molar-refractivity contribution in [2.24, 2.45) is 5.73 Å². The molecule has 1 atom stereocenters. The monoisotopic (exact) mass is 307 g/mol. The van der Waals surface area contributed by atoms with Crippen LogP contribution in [-0.2, 0) is 15.3 Å². The average Bonchev–Trinajstić information content (AvgIpc) is 2.47. The molecule has 0 aromatic carbocycles. The summed E-state index contributed by atoms with van der Waals surface area (Å²) in [6, 6.07) is 4.56. The number of hydrogen-bond acceptors (Lipinski definition) is 6. The molecule has 2 aromatic rings. The highest BCUT2D eigenvalue weighted by molar-refractivity contribution is 7.98. The molecule has 0 bridgehead atoms. The van der Waals surface area contributed by atoms with Crippen molar-refractivity contribution in [1.29, 1.82) is 0 Å². The van der Waals surface area contributed by atoms with Crippen LogP contribution in [0.2, 0.25) is 0 Å². The number of thioether (sulfide) groups is 1. The van der Waals surface area contributed by atoms with Crippen LogP contribution in [0.15, 0.2) is 29.2 Å². The molecule has 6 nitrogen and oxygen atoms in total. The standard InChI is InChI=1S/C14H17N3O3S/c1-9-3-4-12-16-10(5-13(18)17(12)6-9)7-21-8-11(15)14(19)20-2/h3-6,11H,7-8,15H2,1-2H3. The van der Waals surface area contributed by atoms with Gasteiger partial charge in [-0.25, -0.2) is 4.98 Å². The summed E-state index contributed by atoms with van der Waals surface area (Å²) in [6.07, 6.45) is 1.76. The number of nitrogens with zero attached hydrogens (tertiary/aromatic N) is 2. The van der Waals surface area contributed by atoms with Crippen molar-refractivity contribution in [3.8, 4) is 0 Å². The Balaban J connectivity index is 2.08. The fourth-order valence-corrected chi connectivity index (χ4v) is 2.71. The summed E-state index contributed by atoms with van der Waals surface area (Å²) in [5, 5.41) is 0. The zero-order chi connectivity index (χ0) is 15.4. The van der Waals surface area contributed by atoms with Crippen molar-refractivity contribution in [1.82, 2.24) is 9.38 Å². The number of ether oxygens (including phenoxy) is 1. The molecule has 0 aliphatic heterocycles. The quantitative estimate of drug-likeness (QED) is 0.820. The molecule has 2 heterocycles. The number of hydrogen-bond donors (Lipinski definition) is 1. The smallest absolute Gasteiger partial charge is 0.323 e. The van der Waals surface area contributed by atoms with Gasteiger partial charge < -0.3 is 10.5 Å². The van der Waals surface area contributed by atoms with E-state index in [4.69, 9.17) is 5.73 Å². The molecule has 0 saturated carbocycles. The fourth-order valence-electron chi connectivity index (χ4n) is 1.84. The van der Waals surface area contributed by atoms with E-state index in [1.165, 1.54) is 29.3 Å². The van der Waals surface area contributed by atoms with E-state index in [0.717, 1.165) is 5.56 Å². The first kappa shape index (κ1) is 15.5. The lowest BCUT2D eigenvalue weighted by Gasteiger charge is -2.09. The van der Waals surface area contributed by atoms with Crippen molar-refractivity contribution in [2.75, 3.05) is 12.9 Å². The van der Waals surface area contributed by atoms with Crippen LogP contribution in [0, 0.1) is 6.92 Å². The first-order valence-electron chi connectivity index (χ1n) is 6.41. The topological polar surface area (TPSA) is 86.7 Å². The lowest BCUT2D eigenvalue weighted by molar-refractivity contribution is -0.141. The molecule has 0 saturated heterocycles. The molecule has 0 aliphatic rings. The molecule has 21 heavy (non-hydrogen) atoms. The lowest BCUT2D eigenvalue weighted by atomic mass is 10.3. The Morgan fingerprint density at radius 3 is 3.00 bits per heavy atom. The Morgan fingerprint density at radius 2 is 2.29 bits per heavy atom. The number of pyridine rings is 1. The lowest BCUT2D eigenvalue weighted by Crippen LogP contribution is -2.33. The zero-order valence-corrected chi connectivity index (χ0v) is 12.7. The zero-order valence-electron chi connectivity index (χ0n) is 11.9. The highest BCUT2D eigenvalue weighted by atomic mass is 32.2. The Bertz CT molecular complexity index is 714. The van der Waals surface area contributed by atoms with Crippen LogP contribution in [0.5, 0.6) is 0 Å². The molecule has 0 radical (unpaired) electrons. The van der Waals surface area contributed by atoms with Gasteiger partial charge in [0.05, 0.1) is 12.8 Å². The number of aryl methyl sites for hydroxylation is 1. The molecule has 2 rings (SSSR count). The van der Waals surface area contributed by atoms with Gasteiger partial charge in [0, 0.05) is 23.8 Å². The van der Waals surface area contributed by atoms with Crippen molar-refractivity contribution in [3.05, 3.63) is 46.0 Å². The van der Waals surface area contributed by atoms with Crippen LogP contribution in [0.1, 0.15) is 11.3 Å². The second-order valence-corrected chi connectivity index (χ2v) is 5.70. The Kier molecular flexibility index (Phi) is 4.98. The van der Waals surface area contributed by atoms with Gasteiger partial charge >= 0.3 is 5.97 Å². The van der Waals surface area contributed by atoms with Crippen LogP contribution in [0.25, 0.3) is 5.65 Å². The molecule has 0 fully saturated rings. The summed E-state index contributed by atoms with van der Waals surface area (Å²) < 4.78 is 6.07. The summed E-state index contributed by atoms with van der Waals surface area (Å²) in [4.78, 5) is 27.6. The number of methoxy groups -OCH3 is 1. The minimum Gasteiger partial charge on any atom is -0.468 e. The molecule has 0 amide bonds. The second kappa shape index (κ2) is 6.73. The van der Waals surface area contributed by atoms with Gasteiger partial charge in [-0.1, -0.05) is 6.07 Å². The summed E-state index contributed by atoms with van der Waals surface area (Å²) in [5.74, 6) is 0.496. The number of carbonyl (C=O) groups excluding carboxylic acids is 1. The van der Waals surface area contributed by atoms with Crippen LogP contribution in [-0.4, -0.2) is 34.3 Å². The first-order chi connectivity index (χ1) is 10.0. The third-order valence-corrected chi connectivity index (χ3v) is 4.01. The maximum absolute atomic E-state index is 12.0. The third kappa shape index (κ3) is 3.83. The highest BCUT2D eigenvalue weighted by Gasteiger charge is 2.13. The first-order valence-corrected chi connectivity index (χ1v) is 7.57. The normalized spacial score (nSPS) is 12.3. The molecule has 2 aromatic heterocycles. The number of nitrogens with two attached hydrogens (primary N) is 1. The number of aromatic nitrogens is 2. The Hall–Kier alpha value is -1.86. The largest absolute Gasteiger partial charge is 0.468 e. The fraction of sp³-hybridized carbons (Fsp3) is 0.357. The van der Waals surface area contributed by atoms with Gasteiger partial charge in [0.1, 0.15) is 11.7 Å². The molecule has 0 aliphatic carbocycles. The average molecular weight is 307 g/mol. The van der Waals surface area contributed by atoms with E-state index in [1.807, 2.05) is 19.1 Å². The van der Waals surface area contributed by atoms with E-state index in [-0.39, 0.29) is 5.56 Å². The van der Waals surface area contributed by atoms with E-state index >= 15 is 0 Å². The number of rotatable bonds is 5. The molecular weight excluding hydrogens is 290 g/mol. The van der Waals surface area contributed by atoms with E-state index in [9.17, 15) is 9.59 Å². The van der Waals surface area contributed by atoms with E-state index in [0.29, 0.717) is 22.8 Å². The van der Waals surface area contributed by atoms with Crippen molar-refractivity contribution >= 4 is 23.4 Å². The van der Waals surface area contributed by atoms with Gasteiger partial charge in [-0.3, -0.25) is 14.0 Å². The summed E-state index contributed by atoms with van der Waals surface area (Å²) in [5.41, 5.74) is 7.81. The SMILES string of the molecule is COC(=O)C(N)CSCc1cc(=O)n2cc(C)ccc2n1. The number of esters is 1. The predicted molar refractivity (Wildman–Crippen MR) is 82.4 cm³/mol. The predicted octanol–water partition coefficient (Wildman–Crippen LogP) is 0.736. The Labute approximate surface area is 126 Å². The van der Waals surface area contributed by atoms with E-state index in [1.54, 1.807) is 6.20 Å². The minimum atomic E-state index is -0.663. The molecule has 7 heteroatoms. The summed E-state index contributed by atoms with van der Waals surface area (Å²) in [7, 11) is 1.31. The van der Waals surface area contributed by atoms with Gasteiger partial charge in [-0.2, -0.15) is 11.8 Å². The molecule has 1 unspecified atom stereocenters. The van der Waals surface area contributed by atoms with Gasteiger partial charge in [0.2, 0.25) is 0 Å². The van der Waals surface area contributed by atoms with E-state index < -0.39 is 12.0 Å². The number of carbonyl (C=O) groups is 1. The van der Waals surface area contributed by atoms with Gasteiger partial charge in [-0.05, 0) is 18.6 Å². The maximum atomic E-state index is 12.0. The van der Waals surface area contributed by atoms with Crippen LogP contribution < -0.4 is 11.3 Å². The van der Waals surface area contributed by atoms with Crippen molar-refractivity contribution in [3.63, 3.8) is 0 Å². The highest BCUT2D eigenvalue weighted by Crippen LogP contribution is 2.11. The second-order valence-electron chi connectivity index (χ2n) is 4.67. The van der Waals surface area contributed by atoms with Gasteiger partial charge in [-0.15, -0.1) is 0 Å². The molecule has 2 N–H and O–H groups in total. The van der Waals surface area contributed by atoms with Crippen LogP contribution in [0.4, 0.5) is 0 Å².